The molecule has 2 heterocycles. The summed E-state index contributed by atoms with van der Waals surface area (Å²) in [6, 6.07) is 5.17. The Balaban J connectivity index is 2.16. The summed E-state index contributed by atoms with van der Waals surface area (Å²) in [6.45, 7) is 4.53. The number of pyridine rings is 1. The summed E-state index contributed by atoms with van der Waals surface area (Å²) in [5.74, 6) is -0.620. The molecule has 0 aromatic carbocycles. The first-order valence-corrected chi connectivity index (χ1v) is 8.30. The van der Waals surface area contributed by atoms with Crippen LogP contribution in [0.15, 0.2) is 40.2 Å². The number of rotatable bonds is 9. The monoisotopic (exact) mass is 362 g/mol. The molecule has 2 aromatic heterocycles. The van der Waals surface area contributed by atoms with Gasteiger partial charge in [-0.15, -0.1) is 0 Å². The van der Waals surface area contributed by atoms with E-state index in [0.717, 1.165) is 10.8 Å². The van der Waals surface area contributed by atoms with Crippen LogP contribution in [-0.2, 0) is 16.0 Å². The quantitative estimate of drug-likeness (QED) is 0.612. The first kappa shape index (κ1) is 19.5. The van der Waals surface area contributed by atoms with Crippen molar-refractivity contribution in [3.8, 4) is 0 Å². The van der Waals surface area contributed by atoms with Crippen LogP contribution in [0.1, 0.15) is 29.9 Å². The topological polar surface area (TPSA) is 115 Å². The molecule has 0 atom stereocenters. The molecule has 2 aromatic rings. The highest BCUT2D eigenvalue weighted by atomic mass is 16.7. The Labute approximate surface area is 150 Å². The van der Waals surface area contributed by atoms with Gasteiger partial charge in [-0.25, -0.2) is 4.79 Å². The Morgan fingerprint density at radius 2 is 2.00 bits per heavy atom. The van der Waals surface area contributed by atoms with E-state index in [-0.39, 0.29) is 18.7 Å². The fourth-order valence-electron chi connectivity index (χ4n) is 2.28. The van der Waals surface area contributed by atoms with Gasteiger partial charge in [0, 0.05) is 25.6 Å². The molecule has 0 aliphatic heterocycles. The minimum Gasteiger partial charge on any atom is -0.351 e. The highest BCUT2D eigenvalue weighted by Gasteiger charge is 2.17. The maximum Gasteiger partial charge on any atom is 0.328 e. The maximum atomic E-state index is 12.5. The Morgan fingerprint density at radius 1 is 1.27 bits per heavy atom. The minimum atomic E-state index is -0.693. The van der Waals surface area contributed by atoms with Crippen LogP contribution in [0.5, 0.6) is 0 Å². The second-order valence-corrected chi connectivity index (χ2v) is 5.27. The Kier molecular flexibility index (Phi) is 7.24. The first-order valence-electron chi connectivity index (χ1n) is 8.30. The van der Waals surface area contributed by atoms with Crippen molar-refractivity contribution < 1.29 is 14.3 Å². The van der Waals surface area contributed by atoms with E-state index < -0.39 is 23.4 Å². The first-order chi connectivity index (χ1) is 12.6. The molecule has 140 valence electrons. The average Bonchev–Trinajstić information content (AvgIpc) is 2.64. The lowest BCUT2D eigenvalue weighted by Gasteiger charge is -2.17. The lowest BCUT2D eigenvalue weighted by molar-refractivity contribution is -0.131. The molecule has 26 heavy (non-hydrogen) atoms. The SMILES string of the molecule is CCOC(CNC(=O)c1c[nH]c(=O)n(Cc2ccccn2)c1=O)OCC. The van der Waals surface area contributed by atoms with Crippen molar-refractivity contribution in [2.75, 3.05) is 19.8 Å². The number of amides is 1. The van der Waals surface area contributed by atoms with Gasteiger partial charge in [0.05, 0.1) is 18.8 Å². The van der Waals surface area contributed by atoms with E-state index in [1.54, 1.807) is 24.4 Å². The predicted molar refractivity (Wildman–Crippen MR) is 94.0 cm³/mol. The fraction of sp³-hybridized carbons (Fsp3) is 0.412. The van der Waals surface area contributed by atoms with Crippen molar-refractivity contribution in [2.24, 2.45) is 0 Å². The summed E-state index contributed by atoms with van der Waals surface area (Å²) in [4.78, 5) is 43.3. The molecule has 9 heteroatoms. The van der Waals surface area contributed by atoms with Crippen LogP contribution in [0.4, 0.5) is 0 Å². The summed E-state index contributed by atoms with van der Waals surface area (Å²) >= 11 is 0. The molecule has 2 N–H and O–H groups in total. The summed E-state index contributed by atoms with van der Waals surface area (Å²) in [6.07, 6.45) is 2.06. The molecule has 0 bridgehead atoms. The third-order valence-electron chi connectivity index (χ3n) is 3.49. The van der Waals surface area contributed by atoms with Gasteiger partial charge in [0.15, 0.2) is 6.29 Å². The number of H-pyrrole nitrogens is 1. The van der Waals surface area contributed by atoms with E-state index in [0.29, 0.717) is 18.9 Å². The second kappa shape index (κ2) is 9.64. The number of nitrogens with one attached hydrogen (secondary N) is 2. The van der Waals surface area contributed by atoms with Crippen LogP contribution in [0, 0.1) is 0 Å². The molecule has 0 saturated carbocycles. The third-order valence-corrected chi connectivity index (χ3v) is 3.49. The van der Waals surface area contributed by atoms with Crippen molar-refractivity contribution in [1.82, 2.24) is 19.9 Å². The molecule has 0 saturated heterocycles. The minimum absolute atomic E-state index is 0.0311. The zero-order chi connectivity index (χ0) is 18.9. The maximum absolute atomic E-state index is 12.5. The van der Waals surface area contributed by atoms with Crippen LogP contribution in [0.2, 0.25) is 0 Å². The lowest BCUT2D eigenvalue weighted by Crippen LogP contribution is -2.42. The van der Waals surface area contributed by atoms with E-state index in [1.165, 1.54) is 0 Å². The van der Waals surface area contributed by atoms with Gasteiger partial charge in [0.1, 0.15) is 5.56 Å². The molecule has 0 unspecified atom stereocenters. The van der Waals surface area contributed by atoms with Gasteiger partial charge in [-0.2, -0.15) is 0 Å². The predicted octanol–water partition coefficient (Wildman–Crippen LogP) is 0.109. The van der Waals surface area contributed by atoms with Gasteiger partial charge in [-0.3, -0.25) is 19.1 Å². The number of carbonyl (C=O) groups excluding carboxylic acids is 1. The average molecular weight is 362 g/mol. The third kappa shape index (κ3) is 5.11. The number of carbonyl (C=O) groups is 1. The van der Waals surface area contributed by atoms with Crippen molar-refractivity contribution in [2.45, 2.75) is 26.7 Å². The van der Waals surface area contributed by atoms with E-state index >= 15 is 0 Å². The fourth-order valence-corrected chi connectivity index (χ4v) is 2.28. The van der Waals surface area contributed by atoms with Gasteiger partial charge in [-0.05, 0) is 26.0 Å². The molecule has 9 nitrogen and oxygen atoms in total. The summed E-state index contributed by atoms with van der Waals surface area (Å²) in [7, 11) is 0. The van der Waals surface area contributed by atoms with Crippen molar-refractivity contribution in [1.29, 1.82) is 0 Å². The number of ether oxygens (including phenoxy) is 2. The largest absolute Gasteiger partial charge is 0.351 e. The number of aromatic nitrogens is 3. The number of aromatic amines is 1. The normalized spacial score (nSPS) is 10.9. The summed E-state index contributed by atoms with van der Waals surface area (Å²) in [5.41, 5.74) is -0.947. The van der Waals surface area contributed by atoms with Crippen LogP contribution in [0.25, 0.3) is 0 Å². The highest BCUT2D eigenvalue weighted by Crippen LogP contribution is 1.97. The van der Waals surface area contributed by atoms with Gasteiger partial charge in [-0.1, -0.05) is 6.07 Å². The number of hydrogen-bond acceptors (Lipinski definition) is 6. The Bertz CT molecular complexity index is 825. The van der Waals surface area contributed by atoms with Crippen LogP contribution >= 0.6 is 0 Å². The van der Waals surface area contributed by atoms with Crippen LogP contribution < -0.4 is 16.6 Å². The molecule has 0 fully saturated rings. The van der Waals surface area contributed by atoms with Gasteiger partial charge in [0.25, 0.3) is 11.5 Å². The second-order valence-electron chi connectivity index (χ2n) is 5.27. The van der Waals surface area contributed by atoms with Gasteiger partial charge >= 0.3 is 5.69 Å². The molecule has 0 spiro atoms. The van der Waals surface area contributed by atoms with E-state index in [2.05, 4.69) is 15.3 Å². The standard InChI is InChI=1S/C17H22N4O5/c1-3-25-14(26-4-2)10-19-15(22)13-9-20-17(24)21(16(13)23)11-12-7-5-6-8-18-12/h5-9,14H,3-4,10-11H2,1-2H3,(H,19,22)(H,20,24). The molecule has 0 aliphatic carbocycles. The number of hydrogen-bond donors (Lipinski definition) is 2. The molecular formula is C17H22N4O5. The van der Waals surface area contributed by atoms with Crippen LogP contribution in [-0.4, -0.2) is 46.5 Å². The summed E-state index contributed by atoms with van der Waals surface area (Å²) < 4.78 is 11.6. The molecule has 2 rings (SSSR count). The van der Waals surface area contributed by atoms with E-state index in [4.69, 9.17) is 9.47 Å². The van der Waals surface area contributed by atoms with Crippen LogP contribution in [0.3, 0.4) is 0 Å². The Morgan fingerprint density at radius 3 is 2.62 bits per heavy atom. The van der Waals surface area contributed by atoms with Crippen molar-refractivity contribution in [3.63, 3.8) is 0 Å². The molecule has 1 amide bonds. The zero-order valence-corrected chi connectivity index (χ0v) is 14.7. The molecule has 0 radical (unpaired) electrons. The van der Waals surface area contributed by atoms with E-state index in [1.807, 2.05) is 13.8 Å². The van der Waals surface area contributed by atoms with Crippen molar-refractivity contribution >= 4 is 5.91 Å². The molecule has 0 aliphatic rings. The zero-order valence-electron chi connectivity index (χ0n) is 14.7. The van der Waals surface area contributed by atoms with E-state index in [9.17, 15) is 14.4 Å². The van der Waals surface area contributed by atoms with Gasteiger partial charge in [0.2, 0.25) is 0 Å². The summed E-state index contributed by atoms with van der Waals surface area (Å²) in [5, 5.41) is 2.58. The van der Waals surface area contributed by atoms with Crippen molar-refractivity contribution in [3.05, 3.63) is 62.7 Å². The lowest BCUT2D eigenvalue weighted by atomic mass is 10.3. The van der Waals surface area contributed by atoms with Gasteiger partial charge < -0.3 is 19.8 Å². The number of nitrogens with zero attached hydrogens (tertiary/aromatic N) is 2. The Hall–Kier alpha value is -2.78. The molecular weight excluding hydrogens is 340 g/mol. The smallest absolute Gasteiger partial charge is 0.328 e. The highest BCUT2D eigenvalue weighted by molar-refractivity contribution is 5.93.